The van der Waals surface area contributed by atoms with Crippen LogP contribution in [0.1, 0.15) is 28.7 Å². The molecule has 1 saturated heterocycles. The molecule has 1 fully saturated rings. The summed E-state index contributed by atoms with van der Waals surface area (Å²) < 4.78 is 5.39. The van der Waals surface area contributed by atoms with Gasteiger partial charge in [-0.05, 0) is 20.3 Å². The summed E-state index contributed by atoms with van der Waals surface area (Å²) in [5.74, 6) is -0.103. The molecule has 1 aromatic heterocycles. The van der Waals surface area contributed by atoms with Crippen LogP contribution in [0.5, 0.6) is 0 Å². The Labute approximate surface area is 98.0 Å². The normalized spacial score (nSPS) is 24.6. The fourth-order valence-corrected chi connectivity index (χ4v) is 2.52. The lowest BCUT2D eigenvalue weighted by atomic mass is 10.1. The predicted octanol–water partition coefficient (Wildman–Crippen LogP) is 0.941. The number of nitrogens with zero attached hydrogens (tertiary/aromatic N) is 1. The van der Waals surface area contributed by atoms with E-state index in [1.165, 1.54) is 11.3 Å². The maximum atomic E-state index is 11.9. The third kappa shape index (κ3) is 2.17. The zero-order valence-corrected chi connectivity index (χ0v) is 10.1. The molecule has 0 radical (unpaired) electrons. The number of anilines is 1. The van der Waals surface area contributed by atoms with E-state index in [0.29, 0.717) is 22.3 Å². The van der Waals surface area contributed by atoms with Crippen molar-refractivity contribution in [3.63, 3.8) is 0 Å². The molecule has 2 unspecified atom stereocenters. The number of carbonyl (C=O) groups excluding carboxylic acids is 1. The molecular weight excluding hydrogens is 226 g/mol. The quantitative estimate of drug-likeness (QED) is 0.808. The number of hydrogen-bond donors (Lipinski definition) is 2. The van der Waals surface area contributed by atoms with E-state index in [9.17, 15) is 4.79 Å². The van der Waals surface area contributed by atoms with Crippen molar-refractivity contribution in [2.45, 2.75) is 32.4 Å². The summed E-state index contributed by atoms with van der Waals surface area (Å²) in [4.78, 5) is 16.6. The second-order valence-electron chi connectivity index (χ2n) is 3.91. The molecule has 16 heavy (non-hydrogen) atoms. The lowest BCUT2D eigenvalue weighted by molar-refractivity contribution is 0.0869. The van der Waals surface area contributed by atoms with E-state index in [1.807, 2.05) is 6.92 Å². The van der Waals surface area contributed by atoms with Crippen LogP contribution in [0.15, 0.2) is 0 Å². The highest BCUT2D eigenvalue weighted by Gasteiger charge is 2.27. The number of thiazole rings is 1. The van der Waals surface area contributed by atoms with Gasteiger partial charge in [0, 0.05) is 6.61 Å². The maximum Gasteiger partial charge on any atom is 0.263 e. The number of carbonyl (C=O) groups is 1. The zero-order chi connectivity index (χ0) is 11.7. The summed E-state index contributed by atoms with van der Waals surface area (Å²) >= 11 is 1.22. The van der Waals surface area contributed by atoms with Crippen molar-refractivity contribution in [1.82, 2.24) is 10.3 Å². The highest BCUT2D eigenvalue weighted by Crippen LogP contribution is 2.20. The fourth-order valence-electron chi connectivity index (χ4n) is 1.78. The lowest BCUT2D eigenvalue weighted by Crippen LogP contribution is -2.39. The average Bonchev–Trinajstić information content (AvgIpc) is 2.74. The molecule has 0 aliphatic carbocycles. The standard InChI is InChI=1S/C10H15N3O2S/c1-5-8(16-10(11)12-5)9(14)13-7-3-4-15-6(7)2/h6-7H,3-4H2,1-2H3,(H2,11,12)(H,13,14). The van der Waals surface area contributed by atoms with Gasteiger partial charge < -0.3 is 15.8 Å². The van der Waals surface area contributed by atoms with E-state index in [1.54, 1.807) is 6.92 Å². The minimum absolute atomic E-state index is 0.0783. The molecule has 6 heteroatoms. The van der Waals surface area contributed by atoms with Crippen LogP contribution in [0, 0.1) is 6.92 Å². The molecule has 0 aromatic carbocycles. The summed E-state index contributed by atoms with van der Waals surface area (Å²) in [5, 5.41) is 3.38. The van der Waals surface area contributed by atoms with Crippen molar-refractivity contribution in [1.29, 1.82) is 0 Å². The Bertz CT molecular complexity index is 405. The summed E-state index contributed by atoms with van der Waals surface area (Å²) in [7, 11) is 0. The molecule has 1 aliphatic heterocycles. The molecule has 0 saturated carbocycles. The van der Waals surface area contributed by atoms with E-state index < -0.39 is 0 Å². The average molecular weight is 241 g/mol. The molecule has 2 atom stereocenters. The number of nitrogens with one attached hydrogen (secondary N) is 1. The van der Waals surface area contributed by atoms with Gasteiger partial charge in [0.1, 0.15) is 4.88 Å². The van der Waals surface area contributed by atoms with Gasteiger partial charge in [-0.25, -0.2) is 4.98 Å². The zero-order valence-electron chi connectivity index (χ0n) is 9.32. The van der Waals surface area contributed by atoms with Crippen molar-refractivity contribution >= 4 is 22.4 Å². The van der Waals surface area contributed by atoms with E-state index in [4.69, 9.17) is 10.5 Å². The van der Waals surface area contributed by atoms with Crippen LogP contribution < -0.4 is 11.1 Å². The lowest BCUT2D eigenvalue weighted by Gasteiger charge is -2.15. The summed E-state index contributed by atoms with van der Waals surface area (Å²) in [6, 6.07) is 0.0928. The predicted molar refractivity (Wildman–Crippen MR) is 62.5 cm³/mol. The summed E-state index contributed by atoms with van der Waals surface area (Å²) in [6.45, 7) is 4.46. The van der Waals surface area contributed by atoms with Gasteiger partial charge in [-0.3, -0.25) is 4.79 Å². The Balaban J connectivity index is 2.05. The van der Waals surface area contributed by atoms with Crippen LogP contribution in [-0.4, -0.2) is 29.6 Å². The van der Waals surface area contributed by atoms with Gasteiger partial charge in [-0.15, -0.1) is 0 Å². The van der Waals surface area contributed by atoms with Crippen LogP contribution in [0.25, 0.3) is 0 Å². The molecular formula is C10H15N3O2S. The molecule has 2 rings (SSSR count). The second-order valence-corrected chi connectivity index (χ2v) is 4.94. The molecule has 2 heterocycles. The minimum Gasteiger partial charge on any atom is -0.376 e. The Morgan fingerprint density at radius 1 is 1.69 bits per heavy atom. The van der Waals surface area contributed by atoms with Crippen molar-refractivity contribution in [2.24, 2.45) is 0 Å². The molecule has 88 valence electrons. The molecule has 0 bridgehead atoms. The van der Waals surface area contributed by atoms with Crippen LogP contribution in [-0.2, 0) is 4.74 Å². The first-order valence-corrected chi connectivity index (χ1v) is 6.05. The first-order valence-electron chi connectivity index (χ1n) is 5.23. The smallest absolute Gasteiger partial charge is 0.263 e. The van der Waals surface area contributed by atoms with Gasteiger partial charge in [0.05, 0.1) is 17.8 Å². The Morgan fingerprint density at radius 3 is 2.94 bits per heavy atom. The van der Waals surface area contributed by atoms with Crippen molar-refractivity contribution in [3.05, 3.63) is 10.6 Å². The second kappa shape index (κ2) is 4.39. The topological polar surface area (TPSA) is 77.2 Å². The first-order chi connectivity index (χ1) is 7.58. The van der Waals surface area contributed by atoms with Crippen LogP contribution in [0.2, 0.25) is 0 Å². The van der Waals surface area contributed by atoms with Gasteiger partial charge in [-0.2, -0.15) is 0 Å². The molecule has 1 aliphatic rings. The van der Waals surface area contributed by atoms with Crippen molar-refractivity contribution < 1.29 is 9.53 Å². The molecule has 1 aromatic rings. The van der Waals surface area contributed by atoms with Gasteiger partial charge in [0.15, 0.2) is 5.13 Å². The minimum atomic E-state index is -0.103. The van der Waals surface area contributed by atoms with Gasteiger partial charge in [0.2, 0.25) is 0 Å². The summed E-state index contributed by atoms with van der Waals surface area (Å²) in [6.07, 6.45) is 0.940. The molecule has 1 amide bonds. The van der Waals surface area contributed by atoms with Gasteiger partial charge in [0.25, 0.3) is 5.91 Å². The van der Waals surface area contributed by atoms with Crippen LogP contribution in [0.3, 0.4) is 0 Å². The Kier molecular flexibility index (Phi) is 3.11. The van der Waals surface area contributed by atoms with Crippen LogP contribution in [0.4, 0.5) is 5.13 Å². The first kappa shape index (κ1) is 11.3. The number of amides is 1. The fraction of sp³-hybridized carbons (Fsp3) is 0.600. The molecule has 0 spiro atoms. The number of nitrogens with two attached hydrogens (primary N) is 1. The molecule has 5 nitrogen and oxygen atoms in total. The SMILES string of the molecule is Cc1nc(N)sc1C(=O)NC1CCOC1C. The van der Waals surface area contributed by atoms with E-state index in [0.717, 1.165) is 6.42 Å². The van der Waals surface area contributed by atoms with Gasteiger partial charge >= 0.3 is 0 Å². The monoisotopic (exact) mass is 241 g/mol. The molecule has 3 N–H and O–H groups in total. The maximum absolute atomic E-state index is 11.9. The van der Waals surface area contributed by atoms with E-state index in [-0.39, 0.29) is 18.1 Å². The third-order valence-electron chi connectivity index (χ3n) is 2.71. The van der Waals surface area contributed by atoms with E-state index in [2.05, 4.69) is 10.3 Å². The highest BCUT2D eigenvalue weighted by atomic mass is 32.1. The number of ether oxygens (including phenoxy) is 1. The largest absolute Gasteiger partial charge is 0.376 e. The summed E-state index contributed by atoms with van der Waals surface area (Å²) in [5.41, 5.74) is 6.24. The number of rotatable bonds is 2. The highest BCUT2D eigenvalue weighted by molar-refractivity contribution is 7.17. The number of aryl methyl sites for hydroxylation is 1. The Morgan fingerprint density at radius 2 is 2.44 bits per heavy atom. The number of nitrogen functional groups attached to an aromatic ring is 1. The van der Waals surface area contributed by atoms with Crippen LogP contribution >= 0.6 is 11.3 Å². The van der Waals surface area contributed by atoms with Crippen molar-refractivity contribution in [2.75, 3.05) is 12.3 Å². The Hall–Kier alpha value is -1.14. The van der Waals surface area contributed by atoms with Crippen molar-refractivity contribution in [3.8, 4) is 0 Å². The number of hydrogen-bond acceptors (Lipinski definition) is 5. The van der Waals surface area contributed by atoms with E-state index >= 15 is 0 Å². The van der Waals surface area contributed by atoms with Gasteiger partial charge in [-0.1, -0.05) is 11.3 Å². The number of aromatic nitrogens is 1. The third-order valence-corrected chi connectivity index (χ3v) is 3.70.